The van der Waals surface area contributed by atoms with Crippen LogP contribution < -0.4 is 10.9 Å². The summed E-state index contributed by atoms with van der Waals surface area (Å²) < 4.78 is 42.3. The molecule has 1 N–H and O–H groups in total. The third-order valence-corrected chi connectivity index (χ3v) is 5.55. The van der Waals surface area contributed by atoms with E-state index in [4.69, 9.17) is 11.6 Å². The maximum atomic E-state index is 13.7. The lowest BCUT2D eigenvalue weighted by molar-refractivity contribution is -0.384. The normalized spacial score (nSPS) is 12.5. The molecule has 2 heterocycles. The van der Waals surface area contributed by atoms with E-state index in [0.717, 1.165) is 6.07 Å². The third-order valence-electron chi connectivity index (χ3n) is 5.27. The molecule has 4 aromatic rings. The number of aromatic nitrogens is 2. The summed E-state index contributed by atoms with van der Waals surface area (Å²) in [5.41, 5.74) is -1.66. The van der Waals surface area contributed by atoms with Crippen LogP contribution in [0.25, 0.3) is 16.5 Å². The predicted molar refractivity (Wildman–Crippen MR) is 122 cm³/mol. The van der Waals surface area contributed by atoms with Gasteiger partial charge in [0.25, 0.3) is 5.56 Å². The average molecular weight is 489 g/mol. The van der Waals surface area contributed by atoms with Crippen LogP contribution in [0, 0.1) is 10.1 Å². The second-order valence-electron chi connectivity index (χ2n) is 7.43. The first kappa shape index (κ1) is 23.2. The lowest BCUT2D eigenvalue weighted by Crippen LogP contribution is -2.27. The van der Waals surface area contributed by atoms with E-state index in [1.165, 1.54) is 35.0 Å². The summed E-state index contributed by atoms with van der Waals surface area (Å²) >= 11 is 5.89. The van der Waals surface area contributed by atoms with Crippen molar-refractivity contribution in [1.82, 2.24) is 9.55 Å². The number of nitrogens with zero attached hydrogens (tertiary/aromatic N) is 3. The molecular formula is C23H16ClF3N4O3. The first-order chi connectivity index (χ1) is 16.1. The van der Waals surface area contributed by atoms with Crippen LogP contribution in [-0.2, 0) is 6.18 Å². The van der Waals surface area contributed by atoms with Gasteiger partial charge in [-0.15, -0.1) is 0 Å². The second kappa shape index (κ2) is 8.79. The number of hydrogen-bond acceptors (Lipinski definition) is 5. The van der Waals surface area contributed by atoms with Crippen molar-refractivity contribution in [1.29, 1.82) is 0 Å². The van der Waals surface area contributed by atoms with Crippen molar-refractivity contribution in [3.05, 3.63) is 104 Å². The molecule has 4 rings (SSSR count). The summed E-state index contributed by atoms with van der Waals surface area (Å²) in [5, 5.41) is 13.7. The Bertz CT molecular complexity index is 1460. The monoisotopic (exact) mass is 488 g/mol. The Morgan fingerprint density at radius 2 is 1.82 bits per heavy atom. The molecule has 0 bridgehead atoms. The zero-order valence-electron chi connectivity index (χ0n) is 17.5. The maximum absolute atomic E-state index is 13.7. The van der Waals surface area contributed by atoms with Gasteiger partial charge in [0.15, 0.2) is 0 Å². The van der Waals surface area contributed by atoms with Gasteiger partial charge in [0.2, 0.25) is 5.15 Å². The number of anilines is 1. The van der Waals surface area contributed by atoms with E-state index in [0.29, 0.717) is 11.4 Å². The maximum Gasteiger partial charge on any atom is 0.417 e. The molecule has 0 aliphatic heterocycles. The SMILES string of the molecule is C[C@H](Nc1ccnc(Cl)c1[N+](=O)[O-])c1cc2cccc(C(F)(F)F)c2c(=O)n1-c1ccccc1. The molecule has 0 amide bonds. The fraction of sp³-hybridized carbons (Fsp3) is 0.130. The lowest BCUT2D eigenvalue weighted by atomic mass is 10.0. The minimum Gasteiger partial charge on any atom is -0.371 e. The third kappa shape index (κ3) is 4.19. The number of benzene rings is 2. The Morgan fingerprint density at radius 1 is 1.12 bits per heavy atom. The van der Waals surface area contributed by atoms with Crippen molar-refractivity contribution in [2.24, 2.45) is 0 Å². The van der Waals surface area contributed by atoms with Crippen LogP contribution in [0.1, 0.15) is 24.2 Å². The van der Waals surface area contributed by atoms with Crippen LogP contribution in [0.2, 0.25) is 5.15 Å². The van der Waals surface area contributed by atoms with E-state index in [2.05, 4.69) is 10.3 Å². The smallest absolute Gasteiger partial charge is 0.371 e. The number of nitro groups is 1. The highest BCUT2D eigenvalue weighted by Gasteiger charge is 2.34. The Hall–Kier alpha value is -3.92. The molecule has 1 atom stereocenters. The van der Waals surface area contributed by atoms with Crippen LogP contribution in [0.15, 0.2) is 71.7 Å². The number of pyridine rings is 2. The standard InChI is InChI=1S/C23H16ClF3N4O3/c1-13(29-17-10-11-28-21(24)20(17)31(33)34)18-12-14-6-5-9-16(23(25,26)27)19(14)22(32)30(18)15-7-3-2-4-8-15/h2-13H,1H3,(H,28,29)/t13-/m0/s1. The summed E-state index contributed by atoms with van der Waals surface area (Å²) in [5.74, 6) is 0. The molecule has 34 heavy (non-hydrogen) atoms. The van der Waals surface area contributed by atoms with Crippen LogP contribution in [0.5, 0.6) is 0 Å². The predicted octanol–water partition coefficient (Wildman–Crippen LogP) is 6.14. The average Bonchev–Trinajstić information content (AvgIpc) is 2.78. The van der Waals surface area contributed by atoms with Crippen molar-refractivity contribution in [3.63, 3.8) is 0 Å². The van der Waals surface area contributed by atoms with E-state index in [1.54, 1.807) is 37.3 Å². The summed E-state index contributed by atoms with van der Waals surface area (Å²) in [7, 11) is 0. The van der Waals surface area contributed by atoms with Crippen molar-refractivity contribution in [2.45, 2.75) is 19.1 Å². The number of hydrogen-bond donors (Lipinski definition) is 1. The minimum atomic E-state index is -4.73. The number of para-hydroxylation sites is 1. The van der Waals surface area contributed by atoms with E-state index in [-0.39, 0.29) is 16.2 Å². The van der Waals surface area contributed by atoms with E-state index < -0.39 is 39.3 Å². The van der Waals surface area contributed by atoms with Gasteiger partial charge >= 0.3 is 11.9 Å². The largest absolute Gasteiger partial charge is 0.417 e. The van der Waals surface area contributed by atoms with Gasteiger partial charge in [0.1, 0.15) is 5.69 Å². The molecule has 0 fully saturated rings. The summed E-state index contributed by atoms with van der Waals surface area (Å²) in [6, 6.07) is 13.8. The van der Waals surface area contributed by atoms with Crippen molar-refractivity contribution in [2.75, 3.05) is 5.32 Å². The van der Waals surface area contributed by atoms with Crippen molar-refractivity contribution in [3.8, 4) is 5.69 Å². The topological polar surface area (TPSA) is 90.1 Å². The van der Waals surface area contributed by atoms with Crippen molar-refractivity contribution >= 4 is 33.7 Å². The molecule has 0 unspecified atom stereocenters. The summed E-state index contributed by atoms with van der Waals surface area (Å²) in [4.78, 5) is 28.0. The van der Waals surface area contributed by atoms with Gasteiger partial charge in [-0.25, -0.2) is 4.98 Å². The number of halogens is 4. The van der Waals surface area contributed by atoms with Crippen LogP contribution >= 0.6 is 11.6 Å². The quantitative estimate of drug-likeness (QED) is 0.207. The Morgan fingerprint density at radius 3 is 2.47 bits per heavy atom. The molecule has 0 saturated heterocycles. The van der Waals surface area contributed by atoms with Gasteiger partial charge in [-0.2, -0.15) is 13.2 Å². The van der Waals surface area contributed by atoms with Gasteiger partial charge in [-0.05, 0) is 42.6 Å². The van der Waals surface area contributed by atoms with Crippen LogP contribution in [0.3, 0.4) is 0 Å². The van der Waals surface area contributed by atoms with Gasteiger partial charge in [-0.1, -0.05) is 41.9 Å². The van der Waals surface area contributed by atoms with E-state index >= 15 is 0 Å². The molecule has 0 radical (unpaired) electrons. The highest BCUT2D eigenvalue weighted by Crippen LogP contribution is 2.36. The Kier molecular flexibility index (Phi) is 6.01. The lowest BCUT2D eigenvalue weighted by Gasteiger charge is -2.22. The van der Waals surface area contributed by atoms with E-state index in [9.17, 15) is 28.1 Å². The molecule has 0 aliphatic carbocycles. The highest BCUT2D eigenvalue weighted by molar-refractivity contribution is 6.32. The molecule has 2 aromatic heterocycles. The summed E-state index contributed by atoms with van der Waals surface area (Å²) in [6.45, 7) is 1.63. The highest BCUT2D eigenvalue weighted by atomic mass is 35.5. The van der Waals surface area contributed by atoms with Crippen molar-refractivity contribution < 1.29 is 18.1 Å². The minimum absolute atomic E-state index is 0.0497. The first-order valence-electron chi connectivity index (χ1n) is 9.96. The van der Waals surface area contributed by atoms with Crippen LogP contribution in [-0.4, -0.2) is 14.5 Å². The van der Waals surface area contributed by atoms with Gasteiger partial charge in [-0.3, -0.25) is 19.5 Å². The number of fused-ring (bicyclic) bond motifs is 1. The molecule has 0 spiro atoms. The molecule has 0 aliphatic rings. The van der Waals surface area contributed by atoms with Crippen LogP contribution in [0.4, 0.5) is 24.5 Å². The zero-order valence-corrected chi connectivity index (χ0v) is 18.3. The number of nitrogens with one attached hydrogen (secondary N) is 1. The fourth-order valence-electron chi connectivity index (χ4n) is 3.81. The molecule has 11 heteroatoms. The first-order valence-corrected chi connectivity index (χ1v) is 10.3. The van der Waals surface area contributed by atoms with Gasteiger partial charge in [0.05, 0.1) is 21.9 Å². The Labute approximate surface area is 195 Å². The molecular weight excluding hydrogens is 473 g/mol. The summed E-state index contributed by atoms with van der Waals surface area (Å²) in [6.07, 6.45) is -3.45. The number of rotatable bonds is 5. The molecule has 7 nitrogen and oxygen atoms in total. The Balaban J connectivity index is 1.97. The van der Waals surface area contributed by atoms with E-state index in [1.807, 2.05) is 0 Å². The van der Waals surface area contributed by atoms with Gasteiger partial charge < -0.3 is 5.32 Å². The van der Waals surface area contributed by atoms with Gasteiger partial charge in [0, 0.05) is 17.6 Å². The molecule has 174 valence electrons. The molecule has 0 saturated carbocycles. The zero-order chi connectivity index (χ0) is 24.6. The fourth-order valence-corrected chi connectivity index (χ4v) is 4.03. The number of alkyl halides is 3. The second-order valence-corrected chi connectivity index (χ2v) is 7.79. The molecule has 2 aromatic carbocycles.